The Morgan fingerprint density at radius 2 is 2.22 bits per heavy atom. The number of ether oxygens (including phenoxy) is 1. The number of nitrogens with one attached hydrogen (secondary N) is 2. The van der Waals surface area contributed by atoms with Crippen molar-refractivity contribution in [1.29, 1.82) is 0 Å². The van der Waals surface area contributed by atoms with Crippen LogP contribution in [0.25, 0.3) is 0 Å². The van der Waals surface area contributed by atoms with Gasteiger partial charge in [-0.3, -0.25) is 0 Å². The summed E-state index contributed by atoms with van der Waals surface area (Å²) in [7, 11) is 0. The van der Waals surface area contributed by atoms with Crippen molar-refractivity contribution in [2.75, 3.05) is 19.7 Å². The second-order valence-electron chi connectivity index (χ2n) is 5.57. The lowest BCUT2D eigenvalue weighted by Crippen LogP contribution is -2.45. The summed E-state index contributed by atoms with van der Waals surface area (Å²) in [4.78, 5) is 11.5. The van der Waals surface area contributed by atoms with Crippen molar-refractivity contribution in [3.05, 3.63) is 0 Å². The maximum atomic E-state index is 11.5. The number of unbranched alkanes of at least 4 members (excludes halogenated alkanes) is 2. The quantitative estimate of drug-likeness (QED) is 0.689. The number of rotatable bonds is 7. The van der Waals surface area contributed by atoms with Gasteiger partial charge in [0.2, 0.25) is 0 Å². The second-order valence-corrected chi connectivity index (χ2v) is 5.57. The summed E-state index contributed by atoms with van der Waals surface area (Å²) in [5.41, 5.74) is 0. The van der Waals surface area contributed by atoms with Crippen LogP contribution in [0.5, 0.6) is 0 Å². The molecule has 0 aromatic heterocycles. The molecule has 106 valence electrons. The fourth-order valence-electron chi connectivity index (χ4n) is 2.18. The van der Waals surface area contributed by atoms with Crippen LogP contribution in [0.2, 0.25) is 0 Å². The van der Waals surface area contributed by atoms with Crippen LogP contribution in [0.4, 0.5) is 4.79 Å². The van der Waals surface area contributed by atoms with Gasteiger partial charge >= 0.3 is 6.09 Å². The summed E-state index contributed by atoms with van der Waals surface area (Å²) in [6.07, 6.45) is 6.54. The Balaban J connectivity index is 1.93. The Kier molecular flexibility index (Phi) is 7.81. The van der Waals surface area contributed by atoms with Gasteiger partial charge in [-0.25, -0.2) is 4.79 Å². The van der Waals surface area contributed by atoms with Crippen molar-refractivity contribution in [3.8, 4) is 0 Å². The molecule has 1 fully saturated rings. The number of piperidine rings is 1. The first-order valence-corrected chi connectivity index (χ1v) is 7.32. The molecule has 2 N–H and O–H groups in total. The number of hydrogen-bond donors (Lipinski definition) is 2. The lowest BCUT2D eigenvalue weighted by atomic mass is 10.1. The lowest BCUT2D eigenvalue weighted by Gasteiger charge is -2.23. The van der Waals surface area contributed by atoms with E-state index in [9.17, 15) is 4.79 Å². The standard InChI is InChI=1S/C14H28N2O2/c1-12(2)7-4-3-5-10-18-14(17)16-13-8-6-9-15-11-13/h12-13,15H,3-11H2,1-2H3,(H,16,17). The van der Waals surface area contributed by atoms with Crippen LogP contribution in [0.1, 0.15) is 52.4 Å². The van der Waals surface area contributed by atoms with Gasteiger partial charge in [0.25, 0.3) is 0 Å². The van der Waals surface area contributed by atoms with E-state index in [4.69, 9.17) is 4.74 Å². The Labute approximate surface area is 111 Å². The summed E-state index contributed by atoms with van der Waals surface area (Å²) in [6.45, 7) is 6.95. The van der Waals surface area contributed by atoms with E-state index in [1.807, 2.05) is 0 Å². The van der Waals surface area contributed by atoms with Gasteiger partial charge in [-0.2, -0.15) is 0 Å². The van der Waals surface area contributed by atoms with E-state index in [-0.39, 0.29) is 12.1 Å². The molecular weight excluding hydrogens is 228 g/mol. The van der Waals surface area contributed by atoms with Crippen LogP contribution in [-0.4, -0.2) is 31.8 Å². The fourth-order valence-corrected chi connectivity index (χ4v) is 2.18. The van der Waals surface area contributed by atoms with Gasteiger partial charge in [0.05, 0.1) is 6.61 Å². The van der Waals surface area contributed by atoms with E-state index in [2.05, 4.69) is 24.5 Å². The molecule has 0 aromatic rings. The smallest absolute Gasteiger partial charge is 0.407 e. The zero-order valence-corrected chi connectivity index (χ0v) is 11.8. The van der Waals surface area contributed by atoms with Gasteiger partial charge in [0.1, 0.15) is 0 Å². The number of hydrogen-bond acceptors (Lipinski definition) is 3. The lowest BCUT2D eigenvalue weighted by molar-refractivity contribution is 0.138. The van der Waals surface area contributed by atoms with E-state index in [1.54, 1.807) is 0 Å². The van der Waals surface area contributed by atoms with Crippen molar-refractivity contribution in [2.24, 2.45) is 5.92 Å². The van der Waals surface area contributed by atoms with Gasteiger partial charge < -0.3 is 15.4 Å². The van der Waals surface area contributed by atoms with Crippen LogP contribution in [-0.2, 0) is 4.74 Å². The first-order valence-electron chi connectivity index (χ1n) is 7.32. The van der Waals surface area contributed by atoms with E-state index in [1.165, 1.54) is 12.8 Å². The molecule has 0 radical (unpaired) electrons. The highest BCUT2D eigenvalue weighted by atomic mass is 16.5. The normalized spacial score (nSPS) is 19.8. The average Bonchev–Trinajstić information content (AvgIpc) is 2.34. The van der Waals surface area contributed by atoms with Crippen molar-refractivity contribution < 1.29 is 9.53 Å². The zero-order valence-electron chi connectivity index (χ0n) is 11.8. The number of carbonyl (C=O) groups excluding carboxylic acids is 1. The molecule has 0 bridgehead atoms. The van der Waals surface area contributed by atoms with Crippen LogP contribution >= 0.6 is 0 Å². The van der Waals surface area contributed by atoms with Crippen molar-refractivity contribution >= 4 is 6.09 Å². The molecule has 0 spiro atoms. The molecule has 1 unspecified atom stereocenters. The van der Waals surface area contributed by atoms with Crippen LogP contribution < -0.4 is 10.6 Å². The van der Waals surface area contributed by atoms with Crippen molar-refractivity contribution in [3.63, 3.8) is 0 Å². The highest BCUT2D eigenvalue weighted by molar-refractivity contribution is 5.67. The molecule has 1 amide bonds. The molecule has 1 heterocycles. The molecular formula is C14H28N2O2. The Morgan fingerprint density at radius 1 is 1.39 bits per heavy atom. The predicted molar refractivity (Wildman–Crippen MR) is 73.7 cm³/mol. The monoisotopic (exact) mass is 256 g/mol. The van der Waals surface area contributed by atoms with Crippen molar-refractivity contribution in [2.45, 2.75) is 58.4 Å². The Bertz CT molecular complexity index is 226. The highest BCUT2D eigenvalue weighted by Crippen LogP contribution is 2.08. The molecule has 1 aliphatic heterocycles. The summed E-state index contributed by atoms with van der Waals surface area (Å²) in [5, 5.41) is 6.17. The highest BCUT2D eigenvalue weighted by Gasteiger charge is 2.15. The van der Waals surface area contributed by atoms with Gasteiger partial charge in [-0.15, -0.1) is 0 Å². The van der Waals surface area contributed by atoms with Crippen LogP contribution in [0.15, 0.2) is 0 Å². The maximum Gasteiger partial charge on any atom is 0.407 e. The zero-order chi connectivity index (χ0) is 13.2. The third-order valence-corrected chi connectivity index (χ3v) is 3.28. The van der Waals surface area contributed by atoms with Gasteiger partial charge in [0, 0.05) is 12.6 Å². The SMILES string of the molecule is CC(C)CCCCCOC(=O)NC1CCCNC1. The topological polar surface area (TPSA) is 50.4 Å². The number of carbonyl (C=O) groups is 1. The minimum atomic E-state index is -0.257. The summed E-state index contributed by atoms with van der Waals surface area (Å²) in [6, 6.07) is 0.243. The molecule has 4 nitrogen and oxygen atoms in total. The minimum Gasteiger partial charge on any atom is -0.450 e. The van der Waals surface area contributed by atoms with Crippen LogP contribution in [0.3, 0.4) is 0 Å². The Hall–Kier alpha value is -0.770. The maximum absolute atomic E-state index is 11.5. The van der Waals surface area contributed by atoms with E-state index >= 15 is 0 Å². The molecule has 1 atom stereocenters. The molecule has 0 aliphatic carbocycles. The number of amides is 1. The van der Waals surface area contributed by atoms with E-state index in [0.29, 0.717) is 6.61 Å². The summed E-state index contributed by atoms with van der Waals surface area (Å²) >= 11 is 0. The molecule has 18 heavy (non-hydrogen) atoms. The predicted octanol–water partition coefficient (Wildman–Crippen LogP) is 2.68. The van der Waals surface area contributed by atoms with Gasteiger partial charge in [0.15, 0.2) is 0 Å². The molecule has 0 saturated carbocycles. The fraction of sp³-hybridized carbons (Fsp3) is 0.929. The first kappa shape index (κ1) is 15.3. The third kappa shape index (κ3) is 7.54. The van der Waals surface area contributed by atoms with Gasteiger partial charge in [-0.05, 0) is 31.7 Å². The van der Waals surface area contributed by atoms with E-state index in [0.717, 1.165) is 44.7 Å². The molecule has 1 aliphatic rings. The average molecular weight is 256 g/mol. The molecule has 4 heteroatoms. The number of alkyl carbamates (subject to hydrolysis) is 1. The minimum absolute atomic E-state index is 0.243. The van der Waals surface area contributed by atoms with Crippen molar-refractivity contribution in [1.82, 2.24) is 10.6 Å². The summed E-state index contributed by atoms with van der Waals surface area (Å²) in [5.74, 6) is 0.771. The molecule has 0 aromatic carbocycles. The third-order valence-electron chi connectivity index (χ3n) is 3.28. The van der Waals surface area contributed by atoms with Gasteiger partial charge in [-0.1, -0.05) is 33.1 Å². The van der Waals surface area contributed by atoms with E-state index < -0.39 is 0 Å². The largest absolute Gasteiger partial charge is 0.450 e. The molecule has 1 saturated heterocycles. The summed E-state index contributed by atoms with van der Waals surface area (Å²) < 4.78 is 5.17. The van der Waals surface area contributed by atoms with Crippen LogP contribution in [0, 0.1) is 5.92 Å². The molecule has 1 rings (SSSR count). The first-order chi connectivity index (χ1) is 8.68. The second kappa shape index (κ2) is 9.20. The Morgan fingerprint density at radius 3 is 2.89 bits per heavy atom.